The predicted octanol–water partition coefficient (Wildman–Crippen LogP) is 6.23. The first-order valence-corrected chi connectivity index (χ1v) is 15.2. The summed E-state index contributed by atoms with van der Waals surface area (Å²) in [6.07, 6.45) is 2.90. The number of fused-ring (bicyclic) bond motifs is 1. The van der Waals surface area contributed by atoms with E-state index in [0.717, 1.165) is 5.56 Å². The molecular weight excluding hydrogens is 604 g/mol. The zero-order chi connectivity index (χ0) is 31.4. The molecule has 0 spiro atoms. The summed E-state index contributed by atoms with van der Waals surface area (Å²) >= 11 is 6.38. The summed E-state index contributed by atoms with van der Waals surface area (Å²) in [7, 11) is 0. The van der Waals surface area contributed by atoms with E-state index in [0.29, 0.717) is 45.9 Å². The lowest BCUT2D eigenvalue weighted by atomic mass is 10.1. The molecule has 3 heterocycles. The van der Waals surface area contributed by atoms with E-state index in [9.17, 15) is 14.4 Å². The molecule has 0 aliphatic carbocycles. The number of thiophene rings is 1. The average molecular weight is 635 g/mol. The fourth-order valence-electron chi connectivity index (χ4n) is 4.76. The number of nitrogens with zero attached hydrogens (tertiary/aromatic N) is 2. The summed E-state index contributed by atoms with van der Waals surface area (Å²) < 4.78 is 27.1. The van der Waals surface area contributed by atoms with Crippen molar-refractivity contribution in [1.29, 1.82) is 0 Å². The Labute approximate surface area is 263 Å². The van der Waals surface area contributed by atoms with Crippen LogP contribution in [-0.4, -0.2) is 51.0 Å². The monoisotopic (exact) mass is 634 g/mol. The molecule has 2 amide bonds. The van der Waals surface area contributed by atoms with Gasteiger partial charge >= 0.3 is 5.97 Å². The molecule has 0 unspecified atom stereocenters. The van der Waals surface area contributed by atoms with Crippen molar-refractivity contribution in [1.82, 2.24) is 15.2 Å². The number of esters is 1. The lowest BCUT2D eigenvalue weighted by Crippen LogP contribution is -2.43. The number of aromatic nitrogens is 1. The summed E-state index contributed by atoms with van der Waals surface area (Å²) in [5, 5.41) is 5.43. The number of carbonyl (C=O) groups is 3. The highest BCUT2D eigenvalue weighted by Gasteiger charge is 2.38. The maximum absolute atomic E-state index is 15.1. The molecule has 2 aromatic heterocycles. The van der Waals surface area contributed by atoms with Gasteiger partial charge in [0.15, 0.2) is 16.7 Å². The minimum Gasteiger partial charge on any atom is -0.458 e. The SMILES string of the molecule is CC(C)(C)OC(=O)[C@@H]1CCCN1C(=O)c1cc2nccc(Oc3ccc(NC(=S)NC(=O)Cc4ccccc4)cc3F)c2s1. The number of ether oxygens (including phenoxy) is 2. The van der Waals surface area contributed by atoms with Gasteiger partial charge in [-0.2, -0.15) is 0 Å². The van der Waals surface area contributed by atoms with Gasteiger partial charge in [0.05, 0.1) is 21.5 Å². The summed E-state index contributed by atoms with van der Waals surface area (Å²) in [5.41, 5.74) is 1.03. The van der Waals surface area contributed by atoms with Crippen LogP contribution in [0, 0.1) is 5.82 Å². The molecule has 2 N–H and O–H groups in total. The summed E-state index contributed by atoms with van der Waals surface area (Å²) in [5.74, 6) is -1.39. The Bertz CT molecular complexity index is 1720. The van der Waals surface area contributed by atoms with Crippen molar-refractivity contribution in [2.45, 2.75) is 51.7 Å². The molecule has 1 aliphatic rings. The Morgan fingerprint density at radius 3 is 2.59 bits per heavy atom. The molecule has 9 nitrogen and oxygen atoms in total. The van der Waals surface area contributed by atoms with Crippen molar-refractivity contribution < 1.29 is 28.2 Å². The van der Waals surface area contributed by atoms with E-state index in [-0.39, 0.29) is 29.1 Å². The van der Waals surface area contributed by atoms with Crippen LogP contribution in [-0.2, 0) is 20.7 Å². The van der Waals surface area contributed by atoms with Crippen LogP contribution < -0.4 is 15.4 Å². The summed E-state index contributed by atoms with van der Waals surface area (Å²) in [6.45, 7) is 5.82. The average Bonchev–Trinajstić information content (AvgIpc) is 3.62. The van der Waals surface area contributed by atoms with Crippen molar-refractivity contribution >= 4 is 62.4 Å². The number of anilines is 1. The second-order valence-electron chi connectivity index (χ2n) is 11.2. The highest BCUT2D eigenvalue weighted by atomic mass is 32.1. The van der Waals surface area contributed by atoms with Crippen LogP contribution in [0.25, 0.3) is 10.2 Å². The second kappa shape index (κ2) is 13.1. The lowest BCUT2D eigenvalue weighted by Gasteiger charge is -2.27. The smallest absolute Gasteiger partial charge is 0.329 e. The van der Waals surface area contributed by atoms with Crippen molar-refractivity contribution in [2.24, 2.45) is 0 Å². The van der Waals surface area contributed by atoms with Crippen LogP contribution in [0.1, 0.15) is 48.8 Å². The number of halogens is 1. The Hall–Kier alpha value is -4.42. The number of nitrogens with one attached hydrogen (secondary N) is 2. The number of thiocarbonyl (C=S) groups is 1. The van der Waals surface area contributed by atoms with Gasteiger partial charge in [0.25, 0.3) is 5.91 Å². The molecule has 12 heteroatoms. The highest BCUT2D eigenvalue weighted by molar-refractivity contribution is 7.80. The fraction of sp³-hybridized carbons (Fsp3) is 0.281. The molecule has 4 aromatic rings. The maximum atomic E-state index is 15.1. The molecule has 1 saturated heterocycles. The number of hydrogen-bond donors (Lipinski definition) is 2. The van der Waals surface area contributed by atoms with E-state index < -0.39 is 23.4 Å². The molecule has 2 aromatic carbocycles. The van der Waals surface area contributed by atoms with E-state index in [1.165, 1.54) is 29.7 Å². The first-order chi connectivity index (χ1) is 21.0. The molecule has 44 heavy (non-hydrogen) atoms. The van der Waals surface area contributed by atoms with E-state index in [2.05, 4.69) is 15.6 Å². The van der Waals surface area contributed by atoms with E-state index in [1.54, 1.807) is 43.9 Å². The number of rotatable bonds is 7. The van der Waals surface area contributed by atoms with Crippen LogP contribution in [0.15, 0.2) is 66.9 Å². The largest absolute Gasteiger partial charge is 0.458 e. The van der Waals surface area contributed by atoms with Gasteiger partial charge in [0, 0.05) is 30.6 Å². The summed E-state index contributed by atoms with van der Waals surface area (Å²) in [4.78, 5) is 44.8. The standard InChI is InChI=1S/C32H31FN4O5S2/c1-32(2,3)42-30(40)23-10-7-15-37(23)29(39)26-18-22-28(44-26)25(13-14-34-22)41-24-12-11-20(17-21(24)33)35-31(43)36-27(38)16-19-8-5-4-6-9-19/h4-6,8-9,11-14,17-18,23H,7,10,15-16H2,1-3H3,(H2,35,36,38,43)/t23-/m0/s1. The van der Waals surface area contributed by atoms with Crippen molar-refractivity contribution in [3.8, 4) is 11.5 Å². The molecule has 0 radical (unpaired) electrons. The number of carbonyl (C=O) groups excluding carboxylic acids is 3. The molecule has 0 saturated carbocycles. The zero-order valence-electron chi connectivity index (χ0n) is 24.4. The Morgan fingerprint density at radius 1 is 1.09 bits per heavy atom. The third-order valence-corrected chi connectivity index (χ3v) is 7.98. The van der Waals surface area contributed by atoms with Crippen LogP contribution in [0.2, 0.25) is 0 Å². The van der Waals surface area contributed by atoms with E-state index in [1.807, 2.05) is 30.3 Å². The third kappa shape index (κ3) is 7.56. The molecule has 5 rings (SSSR count). The summed E-state index contributed by atoms with van der Waals surface area (Å²) in [6, 6.07) is 16.0. The van der Waals surface area contributed by atoms with Crippen LogP contribution >= 0.6 is 23.6 Å². The van der Waals surface area contributed by atoms with E-state index >= 15 is 4.39 Å². The second-order valence-corrected chi connectivity index (χ2v) is 12.7. The molecule has 1 fully saturated rings. The number of benzene rings is 2. The van der Waals surface area contributed by atoms with Gasteiger partial charge in [-0.1, -0.05) is 30.3 Å². The first kappa shape index (κ1) is 31.0. The Kier molecular flexibility index (Phi) is 9.21. The minimum absolute atomic E-state index is 0.0394. The molecule has 0 bridgehead atoms. The lowest BCUT2D eigenvalue weighted by molar-refractivity contribution is -0.159. The Morgan fingerprint density at radius 2 is 1.86 bits per heavy atom. The first-order valence-electron chi connectivity index (χ1n) is 14.0. The van der Waals surface area contributed by atoms with Gasteiger partial charge in [-0.25, -0.2) is 9.18 Å². The third-order valence-electron chi connectivity index (χ3n) is 6.65. The predicted molar refractivity (Wildman–Crippen MR) is 171 cm³/mol. The number of hydrogen-bond acceptors (Lipinski definition) is 8. The molecule has 1 atom stereocenters. The van der Waals surface area contributed by atoms with Gasteiger partial charge in [0.1, 0.15) is 17.4 Å². The molecule has 1 aliphatic heterocycles. The van der Waals surface area contributed by atoms with Crippen molar-refractivity contribution in [3.05, 3.63) is 83.1 Å². The quantitative estimate of drug-likeness (QED) is 0.182. The van der Waals surface area contributed by atoms with Crippen molar-refractivity contribution in [2.75, 3.05) is 11.9 Å². The number of amides is 2. The van der Waals surface area contributed by atoms with Gasteiger partial charge in [0.2, 0.25) is 5.91 Å². The van der Waals surface area contributed by atoms with Crippen LogP contribution in [0.3, 0.4) is 0 Å². The van der Waals surface area contributed by atoms with Gasteiger partial charge in [-0.15, -0.1) is 11.3 Å². The molecule has 228 valence electrons. The highest BCUT2D eigenvalue weighted by Crippen LogP contribution is 2.37. The van der Waals surface area contributed by atoms with Crippen LogP contribution in [0.4, 0.5) is 10.1 Å². The number of likely N-dealkylation sites (tertiary alicyclic amines) is 1. The van der Waals surface area contributed by atoms with Gasteiger partial charge < -0.3 is 25.0 Å². The van der Waals surface area contributed by atoms with Gasteiger partial charge in [-0.3, -0.25) is 14.6 Å². The topological polar surface area (TPSA) is 110 Å². The minimum atomic E-state index is -0.663. The molecular formula is C32H31FN4O5S2. The van der Waals surface area contributed by atoms with Crippen LogP contribution in [0.5, 0.6) is 11.5 Å². The maximum Gasteiger partial charge on any atom is 0.329 e. The number of pyridine rings is 1. The van der Waals surface area contributed by atoms with Gasteiger partial charge in [-0.05, 0) is 69.6 Å². The fourth-order valence-corrected chi connectivity index (χ4v) is 6.01. The Balaban J connectivity index is 1.25. The zero-order valence-corrected chi connectivity index (χ0v) is 26.0. The van der Waals surface area contributed by atoms with E-state index in [4.69, 9.17) is 21.7 Å². The normalized spacial score (nSPS) is 14.7. The van der Waals surface area contributed by atoms with Crippen molar-refractivity contribution in [3.63, 3.8) is 0 Å².